The highest BCUT2D eigenvalue weighted by Gasteiger charge is 2.09. The van der Waals surface area contributed by atoms with E-state index in [0.717, 1.165) is 12.2 Å². The Bertz CT molecular complexity index is 311. The molecule has 0 saturated heterocycles. The third-order valence-electron chi connectivity index (χ3n) is 2.30. The first-order valence-corrected chi connectivity index (χ1v) is 6.41. The summed E-state index contributed by atoms with van der Waals surface area (Å²) in [7, 11) is 1.67. The molecule has 1 atom stereocenters. The average molecular weight is 238 g/mol. The molecule has 1 unspecified atom stereocenters. The maximum absolute atomic E-state index is 11.0. The molecule has 0 fully saturated rings. The summed E-state index contributed by atoms with van der Waals surface area (Å²) in [5.41, 5.74) is 0. The molecule has 0 aliphatic heterocycles. The van der Waals surface area contributed by atoms with Crippen molar-refractivity contribution in [2.45, 2.75) is 30.8 Å². The van der Waals surface area contributed by atoms with Crippen molar-refractivity contribution >= 4 is 17.5 Å². The highest BCUT2D eigenvalue weighted by atomic mass is 32.2. The molecule has 88 valence electrons. The maximum atomic E-state index is 11.0. The highest BCUT2D eigenvalue weighted by molar-refractivity contribution is 7.99. The van der Waals surface area contributed by atoms with Crippen LogP contribution in [0.2, 0.25) is 0 Å². The molecule has 1 rings (SSSR count). The number of benzene rings is 1. The molecule has 0 aliphatic rings. The molecule has 3 heteroatoms. The lowest BCUT2D eigenvalue weighted by atomic mass is 10.1. The van der Waals surface area contributed by atoms with Crippen LogP contribution in [0.25, 0.3) is 0 Å². The smallest absolute Gasteiger partial charge is 0.132 e. The molecule has 0 heterocycles. The van der Waals surface area contributed by atoms with E-state index in [2.05, 4.69) is 12.1 Å². The van der Waals surface area contributed by atoms with E-state index in [0.29, 0.717) is 6.42 Å². The Kier molecular flexibility index (Phi) is 6.19. The normalized spacial score (nSPS) is 12.4. The molecule has 0 spiro atoms. The second kappa shape index (κ2) is 7.47. The highest BCUT2D eigenvalue weighted by Crippen LogP contribution is 2.19. The summed E-state index contributed by atoms with van der Waals surface area (Å²) in [6, 6.07) is 10.3. The fourth-order valence-corrected chi connectivity index (χ4v) is 2.41. The third kappa shape index (κ3) is 5.33. The largest absolute Gasteiger partial charge is 0.381 e. The fraction of sp³-hybridized carbons (Fsp3) is 0.462. The van der Waals surface area contributed by atoms with Gasteiger partial charge in [0.1, 0.15) is 5.78 Å². The van der Waals surface area contributed by atoms with Crippen LogP contribution in [-0.2, 0) is 9.53 Å². The first-order chi connectivity index (χ1) is 7.72. The molecule has 0 aromatic heterocycles. The third-order valence-corrected chi connectivity index (χ3v) is 3.35. The first kappa shape index (κ1) is 13.3. The quantitative estimate of drug-likeness (QED) is 0.683. The van der Waals surface area contributed by atoms with Gasteiger partial charge in [0.05, 0.1) is 6.10 Å². The Hall–Kier alpha value is -0.800. The summed E-state index contributed by atoms with van der Waals surface area (Å²) in [4.78, 5) is 12.2. The van der Waals surface area contributed by atoms with Crippen molar-refractivity contribution in [1.82, 2.24) is 0 Å². The number of thioether (sulfide) groups is 1. The topological polar surface area (TPSA) is 26.3 Å². The Morgan fingerprint density at radius 3 is 2.62 bits per heavy atom. The van der Waals surface area contributed by atoms with Crippen LogP contribution in [0.4, 0.5) is 0 Å². The van der Waals surface area contributed by atoms with Gasteiger partial charge in [-0.25, -0.2) is 0 Å². The van der Waals surface area contributed by atoms with E-state index >= 15 is 0 Å². The summed E-state index contributed by atoms with van der Waals surface area (Å²) in [5.74, 6) is 1.17. The van der Waals surface area contributed by atoms with Crippen molar-refractivity contribution in [3.63, 3.8) is 0 Å². The number of hydrogen-bond acceptors (Lipinski definition) is 3. The lowest BCUT2D eigenvalue weighted by Gasteiger charge is -2.12. The van der Waals surface area contributed by atoms with E-state index in [1.807, 2.05) is 18.2 Å². The SMILES string of the molecule is COC(CCSc1ccccc1)CC(C)=O. The van der Waals surface area contributed by atoms with Gasteiger partial charge >= 0.3 is 0 Å². The van der Waals surface area contributed by atoms with E-state index in [4.69, 9.17) is 4.74 Å². The minimum Gasteiger partial charge on any atom is -0.381 e. The molecule has 0 amide bonds. The first-order valence-electron chi connectivity index (χ1n) is 5.42. The van der Waals surface area contributed by atoms with Crippen molar-refractivity contribution in [2.75, 3.05) is 12.9 Å². The van der Waals surface area contributed by atoms with Crippen LogP contribution >= 0.6 is 11.8 Å². The zero-order valence-corrected chi connectivity index (χ0v) is 10.6. The van der Waals surface area contributed by atoms with Gasteiger partial charge in [0.2, 0.25) is 0 Å². The van der Waals surface area contributed by atoms with Gasteiger partial charge in [0.15, 0.2) is 0 Å². The van der Waals surface area contributed by atoms with Crippen LogP contribution in [0.5, 0.6) is 0 Å². The summed E-state index contributed by atoms with van der Waals surface area (Å²) in [6.07, 6.45) is 1.50. The number of ketones is 1. The second-order valence-corrected chi connectivity index (χ2v) is 4.88. The van der Waals surface area contributed by atoms with Gasteiger partial charge in [-0.05, 0) is 25.5 Å². The van der Waals surface area contributed by atoms with Gasteiger partial charge in [0, 0.05) is 24.2 Å². The van der Waals surface area contributed by atoms with Crippen molar-refractivity contribution in [1.29, 1.82) is 0 Å². The van der Waals surface area contributed by atoms with E-state index in [1.54, 1.807) is 25.8 Å². The summed E-state index contributed by atoms with van der Waals surface area (Å²) in [6.45, 7) is 1.61. The van der Waals surface area contributed by atoms with Gasteiger partial charge in [-0.3, -0.25) is 4.79 Å². The summed E-state index contributed by atoms with van der Waals surface area (Å²) >= 11 is 1.80. The molecule has 1 aromatic rings. The van der Waals surface area contributed by atoms with Crippen molar-refractivity contribution in [2.24, 2.45) is 0 Å². The van der Waals surface area contributed by atoms with Gasteiger partial charge in [-0.2, -0.15) is 0 Å². The number of Topliss-reactive ketones (excluding diaryl/α,β-unsaturated/α-hetero) is 1. The molecule has 0 bridgehead atoms. The van der Waals surface area contributed by atoms with Crippen molar-refractivity contribution in [3.8, 4) is 0 Å². The van der Waals surface area contributed by atoms with Gasteiger partial charge in [-0.15, -0.1) is 11.8 Å². The molecule has 0 N–H and O–H groups in total. The standard InChI is InChI=1S/C13H18O2S/c1-11(14)10-12(15-2)8-9-16-13-6-4-3-5-7-13/h3-7,12H,8-10H2,1-2H3. The molecule has 0 saturated carbocycles. The Morgan fingerprint density at radius 1 is 1.38 bits per heavy atom. The van der Waals surface area contributed by atoms with Crippen LogP contribution in [0.1, 0.15) is 19.8 Å². The number of ether oxygens (including phenoxy) is 1. The van der Waals surface area contributed by atoms with Crippen molar-refractivity contribution < 1.29 is 9.53 Å². The zero-order valence-electron chi connectivity index (χ0n) is 9.81. The van der Waals surface area contributed by atoms with Crippen LogP contribution in [0, 0.1) is 0 Å². The zero-order chi connectivity index (χ0) is 11.8. The van der Waals surface area contributed by atoms with Gasteiger partial charge in [-0.1, -0.05) is 18.2 Å². The Morgan fingerprint density at radius 2 is 2.06 bits per heavy atom. The van der Waals surface area contributed by atoms with E-state index < -0.39 is 0 Å². The molecule has 16 heavy (non-hydrogen) atoms. The lowest BCUT2D eigenvalue weighted by molar-refractivity contribution is -0.119. The second-order valence-electron chi connectivity index (χ2n) is 3.71. The number of carbonyl (C=O) groups is 1. The predicted octanol–water partition coefficient (Wildman–Crippen LogP) is 3.16. The van der Waals surface area contributed by atoms with Crippen LogP contribution in [-0.4, -0.2) is 24.7 Å². The number of methoxy groups -OCH3 is 1. The van der Waals surface area contributed by atoms with Crippen LogP contribution in [0.15, 0.2) is 35.2 Å². The molecule has 2 nitrogen and oxygen atoms in total. The van der Waals surface area contributed by atoms with Crippen LogP contribution in [0.3, 0.4) is 0 Å². The van der Waals surface area contributed by atoms with Crippen molar-refractivity contribution in [3.05, 3.63) is 30.3 Å². The van der Waals surface area contributed by atoms with E-state index in [9.17, 15) is 4.79 Å². The minimum atomic E-state index is 0.0636. The number of hydrogen-bond donors (Lipinski definition) is 0. The van der Waals surface area contributed by atoms with Crippen LogP contribution < -0.4 is 0 Å². The molecular formula is C13H18O2S. The molecule has 0 radical (unpaired) electrons. The summed E-state index contributed by atoms with van der Waals surface area (Å²) < 4.78 is 5.26. The monoisotopic (exact) mass is 238 g/mol. The average Bonchev–Trinajstić information content (AvgIpc) is 2.28. The summed E-state index contributed by atoms with van der Waals surface area (Å²) in [5, 5.41) is 0. The Labute approximate surface area is 101 Å². The molecular weight excluding hydrogens is 220 g/mol. The lowest BCUT2D eigenvalue weighted by Crippen LogP contribution is -2.15. The van der Waals surface area contributed by atoms with Gasteiger partial charge < -0.3 is 4.74 Å². The van der Waals surface area contributed by atoms with E-state index in [-0.39, 0.29) is 11.9 Å². The Balaban J connectivity index is 2.26. The number of carbonyl (C=O) groups excluding carboxylic acids is 1. The minimum absolute atomic E-state index is 0.0636. The fourth-order valence-electron chi connectivity index (χ4n) is 1.45. The molecule has 0 aliphatic carbocycles. The van der Waals surface area contributed by atoms with E-state index in [1.165, 1.54) is 4.90 Å². The predicted molar refractivity (Wildman–Crippen MR) is 67.9 cm³/mol. The molecule has 1 aromatic carbocycles. The maximum Gasteiger partial charge on any atom is 0.132 e. The van der Waals surface area contributed by atoms with Gasteiger partial charge in [0.25, 0.3) is 0 Å². The number of rotatable bonds is 7.